The van der Waals surface area contributed by atoms with Crippen LogP contribution in [-0.4, -0.2) is 6.03 Å². The molecule has 0 radical (unpaired) electrons. The summed E-state index contributed by atoms with van der Waals surface area (Å²) in [6, 6.07) is 7.63. The zero-order valence-corrected chi connectivity index (χ0v) is 24.2. The Hall–Kier alpha value is -1.47. The van der Waals surface area contributed by atoms with E-state index < -0.39 is 0 Å². The van der Waals surface area contributed by atoms with E-state index in [-0.39, 0.29) is 40.0 Å². The van der Waals surface area contributed by atoms with E-state index in [1.54, 1.807) is 0 Å². The average Bonchev–Trinajstić information content (AvgIpc) is 2.79. The minimum atomic E-state index is -0.209. The maximum atomic E-state index is 12.5. The number of hydrogen-bond donors (Lipinski definition) is 2. The maximum Gasteiger partial charge on any atom is 0.324 e. The zero-order chi connectivity index (χ0) is 22.9. The Morgan fingerprint density at radius 1 is 0.647 bits per heavy atom. The SMILES string of the molecule is CCCCCCCC[n+]1cccc(NC(=O)Nc2ccc[n+](CCCCCCCC)c2)c1.[Br-].[Br-]. The van der Waals surface area contributed by atoms with Gasteiger partial charge in [0.05, 0.1) is 0 Å². The number of carbonyl (C=O) groups is 1. The van der Waals surface area contributed by atoms with Gasteiger partial charge in [-0.2, -0.15) is 0 Å². The highest BCUT2D eigenvalue weighted by Gasteiger charge is 2.09. The fraction of sp³-hybridized carbons (Fsp3) is 0.593. The van der Waals surface area contributed by atoms with Gasteiger partial charge in [-0.3, -0.25) is 0 Å². The first-order valence-corrected chi connectivity index (χ1v) is 12.8. The summed E-state index contributed by atoms with van der Waals surface area (Å²) in [6.07, 6.45) is 23.6. The van der Waals surface area contributed by atoms with E-state index in [9.17, 15) is 4.79 Å². The normalized spacial score (nSPS) is 10.2. The van der Waals surface area contributed by atoms with Crippen molar-refractivity contribution in [2.24, 2.45) is 0 Å². The predicted molar refractivity (Wildman–Crippen MR) is 133 cm³/mol. The number of amides is 2. The molecule has 2 amide bonds. The third-order valence-electron chi connectivity index (χ3n) is 5.77. The van der Waals surface area contributed by atoms with Gasteiger partial charge in [-0.1, -0.05) is 65.2 Å². The lowest BCUT2D eigenvalue weighted by Gasteiger charge is -2.07. The summed E-state index contributed by atoms with van der Waals surface area (Å²) in [5, 5.41) is 5.92. The van der Waals surface area contributed by atoms with Crippen molar-refractivity contribution < 1.29 is 47.9 Å². The van der Waals surface area contributed by atoms with Gasteiger partial charge in [-0.15, -0.1) is 0 Å². The fourth-order valence-corrected chi connectivity index (χ4v) is 3.91. The standard InChI is InChI=1S/C27H43N4O.2BrH/c1-3-5-7-9-11-13-19-30-21-15-17-25(23-30)28-27(32)29-26-18-16-22-31(24-26)20-14-12-10-8-6-4-2;;/h15-18,21-24H,3-14,19-20H2,1-2H3,(H-,28,29,32);2*1H/q+1;;/p-1. The lowest BCUT2D eigenvalue weighted by atomic mass is 10.1. The van der Waals surface area contributed by atoms with Gasteiger partial charge in [0.2, 0.25) is 0 Å². The molecule has 0 fully saturated rings. The van der Waals surface area contributed by atoms with Crippen LogP contribution in [-0.2, 0) is 13.1 Å². The van der Waals surface area contributed by atoms with Crippen molar-refractivity contribution in [3.63, 3.8) is 0 Å². The number of urea groups is 1. The summed E-state index contributed by atoms with van der Waals surface area (Å²) < 4.78 is 4.32. The van der Waals surface area contributed by atoms with E-state index in [1.165, 1.54) is 77.0 Å². The Labute approximate surface area is 228 Å². The van der Waals surface area contributed by atoms with Gasteiger partial charge in [0.25, 0.3) is 0 Å². The highest BCUT2D eigenvalue weighted by Crippen LogP contribution is 2.09. The quantitative estimate of drug-likeness (QED) is 0.216. The number of nitrogens with one attached hydrogen (secondary N) is 2. The van der Waals surface area contributed by atoms with Crippen LogP contribution in [0.3, 0.4) is 0 Å². The smallest absolute Gasteiger partial charge is 0.324 e. The third-order valence-corrected chi connectivity index (χ3v) is 5.77. The Morgan fingerprint density at radius 2 is 1.03 bits per heavy atom. The Kier molecular flexibility index (Phi) is 20.0. The van der Waals surface area contributed by atoms with Gasteiger partial charge in [-0.25, -0.2) is 13.9 Å². The first-order valence-electron chi connectivity index (χ1n) is 12.8. The Balaban J connectivity index is 0.00000544. The van der Waals surface area contributed by atoms with Crippen LogP contribution in [0.2, 0.25) is 0 Å². The molecular formula is C27H44Br2N4O. The number of pyridine rings is 2. The number of carbonyl (C=O) groups excluding carboxylic acids is 1. The van der Waals surface area contributed by atoms with Crippen LogP contribution < -0.4 is 53.7 Å². The second-order valence-electron chi connectivity index (χ2n) is 8.78. The lowest BCUT2D eigenvalue weighted by Crippen LogP contribution is -3.00. The van der Waals surface area contributed by atoms with Crippen LogP contribution >= 0.6 is 0 Å². The van der Waals surface area contributed by atoms with Crippen molar-refractivity contribution in [2.75, 3.05) is 10.6 Å². The van der Waals surface area contributed by atoms with Crippen molar-refractivity contribution in [2.45, 2.75) is 104 Å². The number of unbranched alkanes of at least 4 members (excludes halogenated alkanes) is 10. The molecule has 0 aliphatic carbocycles. The molecule has 0 aliphatic heterocycles. The summed E-state index contributed by atoms with van der Waals surface area (Å²) in [7, 11) is 0. The molecule has 0 spiro atoms. The number of aromatic nitrogens is 2. The molecule has 192 valence electrons. The lowest BCUT2D eigenvalue weighted by molar-refractivity contribution is -0.696. The number of hydrogen-bond acceptors (Lipinski definition) is 1. The molecule has 2 aromatic heterocycles. The first kappa shape index (κ1) is 32.5. The number of nitrogens with zero attached hydrogens (tertiary/aromatic N) is 2. The summed E-state index contributed by atoms with van der Waals surface area (Å²) in [5.41, 5.74) is 1.62. The predicted octanol–water partition coefficient (Wildman–Crippen LogP) is 0.635. The van der Waals surface area contributed by atoms with Crippen LogP contribution in [0.1, 0.15) is 90.9 Å². The van der Waals surface area contributed by atoms with Crippen molar-refractivity contribution in [3.05, 3.63) is 49.1 Å². The molecule has 0 bridgehead atoms. The molecule has 5 nitrogen and oxygen atoms in total. The molecule has 2 heterocycles. The van der Waals surface area contributed by atoms with Crippen LogP contribution in [0, 0.1) is 0 Å². The number of rotatable bonds is 16. The van der Waals surface area contributed by atoms with E-state index in [0.29, 0.717) is 0 Å². The van der Waals surface area contributed by atoms with E-state index in [0.717, 1.165) is 24.5 Å². The van der Waals surface area contributed by atoms with Gasteiger partial charge in [0.1, 0.15) is 24.5 Å². The molecule has 34 heavy (non-hydrogen) atoms. The molecule has 2 rings (SSSR count). The topological polar surface area (TPSA) is 48.9 Å². The van der Waals surface area contributed by atoms with Crippen molar-refractivity contribution in [3.8, 4) is 0 Å². The van der Waals surface area contributed by atoms with Gasteiger partial charge in [0, 0.05) is 25.0 Å². The Morgan fingerprint density at radius 3 is 1.44 bits per heavy atom. The summed E-state index contributed by atoms with van der Waals surface area (Å²) >= 11 is 0. The average molecular weight is 600 g/mol. The molecular weight excluding hydrogens is 556 g/mol. The van der Waals surface area contributed by atoms with Crippen LogP contribution in [0.4, 0.5) is 16.2 Å². The van der Waals surface area contributed by atoms with E-state index in [1.807, 2.05) is 36.7 Å². The summed E-state index contributed by atoms with van der Waals surface area (Å²) in [4.78, 5) is 12.5. The number of halogens is 2. The zero-order valence-electron chi connectivity index (χ0n) is 21.1. The summed E-state index contributed by atoms with van der Waals surface area (Å²) in [5.74, 6) is 0. The van der Waals surface area contributed by atoms with Crippen molar-refractivity contribution in [1.29, 1.82) is 0 Å². The second kappa shape index (κ2) is 20.9. The number of anilines is 2. The fourth-order valence-electron chi connectivity index (χ4n) is 3.91. The highest BCUT2D eigenvalue weighted by molar-refractivity contribution is 5.99. The highest BCUT2D eigenvalue weighted by atomic mass is 79.9. The van der Waals surface area contributed by atoms with Crippen LogP contribution in [0.15, 0.2) is 49.1 Å². The molecule has 0 saturated carbocycles. The first-order chi connectivity index (χ1) is 15.7. The third kappa shape index (κ3) is 14.7. The number of aryl methyl sites for hydroxylation is 2. The minimum Gasteiger partial charge on any atom is -1.00 e. The molecule has 0 atom stereocenters. The van der Waals surface area contributed by atoms with Gasteiger partial charge < -0.3 is 44.6 Å². The van der Waals surface area contributed by atoms with Crippen molar-refractivity contribution >= 4 is 17.4 Å². The van der Waals surface area contributed by atoms with Gasteiger partial charge in [-0.05, 0) is 25.0 Å². The molecule has 2 N–H and O–H groups in total. The monoisotopic (exact) mass is 598 g/mol. The molecule has 0 saturated heterocycles. The molecule has 0 unspecified atom stereocenters. The van der Waals surface area contributed by atoms with E-state index in [4.69, 9.17) is 0 Å². The Bertz CT molecular complexity index is 725. The maximum absolute atomic E-state index is 12.5. The van der Waals surface area contributed by atoms with Crippen LogP contribution in [0.5, 0.6) is 0 Å². The molecule has 0 aromatic carbocycles. The summed E-state index contributed by atoms with van der Waals surface area (Å²) in [6.45, 7) is 6.47. The molecule has 7 heteroatoms. The van der Waals surface area contributed by atoms with Crippen molar-refractivity contribution in [1.82, 2.24) is 0 Å². The van der Waals surface area contributed by atoms with Gasteiger partial charge in [0.15, 0.2) is 24.8 Å². The van der Waals surface area contributed by atoms with E-state index >= 15 is 0 Å². The van der Waals surface area contributed by atoms with E-state index in [2.05, 4.69) is 46.0 Å². The minimum absolute atomic E-state index is 0. The van der Waals surface area contributed by atoms with Crippen LogP contribution in [0.25, 0.3) is 0 Å². The largest absolute Gasteiger partial charge is 1.00 e. The molecule has 2 aromatic rings. The second-order valence-corrected chi connectivity index (χ2v) is 8.78. The molecule has 0 aliphatic rings. The van der Waals surface area contributed by atoms with Gasteiger partial charge >= 0.3 is 6.03 Å².